The summed E-state index contributed by atoms with van der Waals surface area (Å²) in [7, 11) is 0. The van der Waals surface area contributed by atoms with E-state index < -0.39 is 0 Å². The number of benzene rings is 2. The predicted octanol–water partition coefficient (Wildman–Crippen LogP) is 5.60. The Bertz CT molecular complexity index is 1040. The molecule has 10 heteroatoms. The van der Waals surface area contributed by atoms with Gasteiger partial charge in [-0.2, -0.15) is 9.36 Å². The first-order valence-electron chi connectivity index (χ1n) is 9.51. The maximum absolute atomic E-state index is 12.5. The zero-order valence-corrected chi connectivity index (χ0v) is 20.1. The number of rotatable bonds is 9. The topological polar surface area (TPSA) is 84.0 Å². The Morgan fingerprint density at radius 1 is 1.16 bits per heavy atom. The van der Waals surface area contributed by atoms with Gasteiger partial charge in [-0.25, -0.2) is 0 Å². The van der Waals surface area contributed by atoms with E-state index in [4.69, 9.17) is 11.6 Å². The Morgan fingerprint density at radius 3 is 2.68 bits per heavy atom. The van der Waals surface area contributed by atoms with Crippen molar-refractivity contribution in [3.8, 4) is 0 Å². The molecule has 1 atom stereocenters. The van der Waals surface area contributed by atoms with Gasteiger partial charge in [0, 0.05) is 27.1 Å². The fourth-order valence-electron chi connectivity index (χ4n) is 2.55. The molecule has 0 radical (unpaired) electrons. The van der Waals surface area contributed by atoms with Crippen LogP contribution in [0.4, 0.5) is 10.8 Å². The molecule has 0 aliphatic rings. The molecule has 0 bridgehead atoms. The van der Waals surface area contributed by atoms with Crippen LogP contribution in [0.5, 0.6) is 0 Å². The van der Waals surface area contributed by atoms with E-state index in [1.165, 1.54) is 35.1 Å². The van der Waals surface area contributed by atoms with Gasteiger partial charge in [0.15, 0.2) is 0 Å². The van der Waals surface area contributed by atoms with E-state index in [2.05, 4.69) is 20.0 Å². The highest BCUT2D eigenvalue weighted by Gasteiger charge is 2.17. The normalized spacial score (nSPS) is 11.7. The van der Waals surface area contributed by atoms with Crippen LogP contribution in [0, 0.1) is 0 Å². The van der Waals surface area contributed by atoms with Crippen molar-refractivity contribution < 1.29 is 9.59 Å². The van der Waals surface area contributed by atoms with E-state index in [0.717, 1.165) is 16.2 Å². The molecule has 0 aliphatic heterocycles. The van der Waals surface area contributed by atoms with Crippen molar-refractivity contribution in [1.82, 2.24) is 9.36 Å². The zero-order chi connectivity index (χ0) is 22.2. The maximum Gasteiger partial charge on any atom is 0.239 e. The van der Waals surface area contributed by atoms with E-state index in [-0.39, 0.29) is 23.5 Å². The van der Waals surface area contributed by atoms with Crippen LogP contribution in [0.15, 0.2) is 58.6 Å². The Balaban J connectivity index is 1.54. The van der Waals surface area contributed by atoms with Crippen LogP contribution < -0.4 is 10.6 Å². The third kappa shape index (κ3) is 7.53. The number of aromatic nitrogens is 2. The van der Waals surface area contributed by atoms with Crippen molar-refractivity contribution >= 4 is 69.3 Å². The van der Waals surface area contributed by atoms with Crippen molar-refractivity contribution in [2.75, 3.05) is 16.4 Å². The molecule has 1 aromatic heterocycles. The van der Waals surface area contributed by atoms with Gasteiger partial charge in [0.1, 0.15) is 0 Å². The number of halogens is 1. The summed E-state index contributed by atoms with van der Waals surface area (Å²) in [4.78, 5) is 30.0. The molecule has 162 valence electrons. The fraction of sp³-hybridized carbons (Fsp3) is 0.238. The number of hydrogen-bond acceptors (Lipinski definition) is 7. The first-order chi connectivity index (χ1) is 14.9. The second kappa shape index (κ2) is 11.5. The summed E-state index contributed by atoms with van der Waals surface area (Å²) < 4.78 is 4.20. The number of carbonyl (C=O) groups is 2. The van der Waals surface area contributed by atoms with Crippen LogP contribution in [0.2, 0.25) is 5.02 Å². The van der Waals surface area contributed by atoms with Gasteiger partial charge in [-0.05, 0) is 48.6 Å². The van der Waals surface area contributed by atoms with Crippen LogP contribution in [0.1, 0.15) is 19.4 Å². The summed E-state index contributed by atoms with van der Waals surface area (Å²) in [5.74, 6) is 0.613. The SMILES string of the molecule is CCSc1nsc(NC(=O)C(C)Sc2cccc(NC(=O)Cc3ccc(Cl)cc3)c2)n1. The van der Waals surface area contributed by atoms with Crippen LogP contribution in [-0.2, 0) is 16.0 Å². The lowest BCUT2D eigenvalue weighted by Gasteiger charge is -2.12. The lowest BCUT2D eigenvalue weighted by molar-refractivity contribution is -0.116. The predicted molar refractivity (Wildman–Crippen MR) is 130 cm³/mol. The zero-order valence-electron chi connectivity index (χ0n) is 16.9. The highest BCUT2D eigenvalue weighted by molar-refractivity contribution is 8.00. The summed E-state index contributed by atoms with van der Waals surface area (Å²) in [6.45, 7) is 3.85. The third-order valence-corrected chi connectivity index (χ3v) is 6.81. The number of nitrogens with zero attached hydrogens (tertiary/aromatic N) is 2. The number of amides is 2. The number of carbonyl (C=O) groups excluding carboxylic acids is 2. The molecule has 6 nitrogen and oxygen atoms in total. The molecule has 1 unspecified atom stereocenters. The first-order valence-corrected chi connectivity index (χ1v) is 12.5. The molecule has 0 spiro atoms. The number of hydrogen-bond donors (Lipinski definition) is 2. The molecular formula is C21H21ClN4O2S3. The highest BCUT2D eigenvalue weighted by Crippen LogP contribution is 2.27. The summed E-state index contributed by atoms with van der Waals surface area (Å²) >= 11 is 9.99. The molecule has 0 fully saturated rings. The van der Waals surface area contributed by atoms with E-state index in [9.17, 15) is 9.59 Å². The maximum atomic E-state index is 12.5. The average molecular weight is 493 g/mol. The fourth-order valence-corrected chi connectivity index (χ4v) is 4.88. The molecule has 0 saturated carbocycles. The molecule has 2 N–H and O–H groups in total. The van der Waals surface area contributed by atoms with Crippen molar-refractivity contribution in [1.29, 1.82) is 0 Å². The third-order valence-electron chi connectivity index (χ3n) is 3.99. The summed E-state index contributed by atoms with van der Waals surface area (Å²) in [5, 5.41) is 7.17. The van der Waals surface area contributed by atoms with Gasteiger partial charge in [0.2, 0.25) is 22.1 Å². The Kier molecular flexibility index (Phi) is 8.77. The van der Waals surface area contributed by atoms with Gasteiger partial charge >= 0.3 is 0 Å². The molecule has 1 heterocycles. The molecule has 2 aromatic carbocycles. The van der Waals surface area contributed by atoms with Gasteiger partial charge in [-0.1, -0.05) is 48.5 Å². The molecule has 2 amide bonds. The molecule has 0 saturated heterocycles. The minimum absolute atomic E-state index is 0.118. The minimum Gasteiger partial charge on any atom is -0.326 e. The standard InChI is InChI=1S/C21H21ClN4O2S3/c1-3-29-21-25-20(31-26-21)24-19(28)13(2)30-17-6-4-5-16(12-17)23-18(27)11-14-7-9-15(22)10-8-14/h4-10,12-13H,3,11H2,1-2H3,(H,23,27)(H,24,25,26,28). The van der Waals surface area contributed by atoms with Gasteiger partial charge in [-0.15, -0.1) is 11.8 Å². The van der Waals surface area contributed by atoms with Gasteiger partial charge in [-0.3, -0.25) is 14.9 Å². The van der Waals surface area contributed by atoms with Crippen LogP contribution in [0.3, 0.4) is 0 Å². The Morgan fingerprint density at radius 2 is 1.94 bits per heavy atom. The van der Waals surface area contributed by atoms with Gasteiger partial charge in [0.25, 0.3) is 0 Å². The highest BCUT2D eigenvalue weighted by atomic mass is 35.5. The van der Waals surface area contributed by atoms with Gasteiger partial charge in [0.05, 0.1) is 11.7 Å². The second-order valence-electron chi connectivity index (χ2n) is 6.44. The molecular weight excluding hydrogens is 472 g/mol. The van der Waals surface area contributed by atoms with Crippen molar-refractivity contribution in [3.63, 3.8) is 0 Å². The molecule has 3 aromatic rings. The van der Waals surface area contributed by atoms with Gasteiger partial charge < -0.3 is 5.32 Å². The lowest BCUT2D eigenvalue weighted by atomic mass is 10.1. The number of thioether (sulfide) groups is 2. The van der Waals surface area contributed by atoms with E-state index in [1.54, 1.807) is 12.1 Å². The summed E-state index contributed by atoms with van der Waals surface area (Å²) in [5.41, 5.74) is 1.57. The van der Waals surface area contributed by atoms with E-state index >= 15 is 0 Å². The van der Waals surface area contributed by atoms with E-state index in [1.807, 2.05) is 50.2 Å². The van der Waals surface area contributed by atoms with Crippen molar-refractivity contribution in [3.05, 3.63) is 59.1 Å². The monoisotopic (exact) mass is 492 g/mol. The first kappa shape index (κ1) is 23.6. The van der Waals surface area contributed by atoms with E-state index in [0.29, 0.717) is 21.0 Å². The van der Waals surface area contributed by atoms with Crippen LogP contribution in [-0.4, -0.2) is 32.2 Å². The summed E-state index contributed by atoms with van der Waals surface area (Å²) in [6.07, 6.45) is 0.257. The van der Waals surface area contributed by atoms with Crippen molar-refractivity contribution in [2.45, 2.75) is 35.6 Å². The molecule has 3 rings (SSSR count). The van der Waals surface area contributed by atoms with Crippen LogP contribution in [0.25, 0.3) is 0 Å². The molecule has 0 aliphatic carbocycles. The molecule has 31 heavy (non-hydrogen) atoms. The average Bonchev–Trinajstić information content (AvgIpc) is 3.17. The number of anilines is 2. The second-order valence-corrected chi connectivity index (χ2v) is 10.3. The quantitative estimate of drug-likeness (QED) is 0.378. The van der Waals surface area contributed by atoms with Crippen LogP contribution >= 0.6 is 46.7 Å². The largest absolute Gasteiger partial charge is 0.326 e. The number of nitrogens with one attached hydrogen (secondary N) is 2. The smallest absolute Gasteiger partial charge is 0.239 e. The minimum atomic E-state index is -0.341. The summed E-state index contributed by atoms with van der Waals surface area (Å²) in [6, 6.07) is 14.6. The Labute approximate surface area is 198 Å². The Hall–Kier alpha value is -2.07. The van der Waals surface area contributed by atoms with Crippen molar-refractivity contribution in [2.24, 2.45) is 0 Å². The lowest BCUT2D eigenvalue weighted by Crippen LogP contribution is -2.22.